The summed E-state index contributed by atoms with van der Waals surface area (Å²) in [6, 6.07) is 5.17. The quantitative estimate of drug-likeness (QED) is 0.668. The molecule has 2 aliphatic carbocycles. The lowest BCUT2D eigenvalue weighted by atomic mass is 10.0. The summed E-state index contributed by atoms with van der Waals surface area (Å²) in [6.07, 6.45) is 6.46. The molecule has 1 N–H and O–H groups in total. The minimum Gasteiger partial charge on any atom is -0.273 e. The van der Waals surface area contributed by atoms with E-state index in [1.165, 1.54) is 25.7 Å². The third-order valence-corrected chi connectivity index (χ3v) is 4.86. The van der Waals surface area contributed by atoms with Crippen LogP contribution in [0, 0.1) is 17.8 Å². The molecule has 1 aromatic rings. The van der Waals surface area contributed by atoms with Crippen molar-refractivity contribution in [2.45, 2.75) is 25.7 Å². The highest BCUT2D eigenvalue weighted by molar-refractivity contribution is 6.36. The zero-order chi connectivity index (χ0) is 14.1. The number of benzene rings is 1. The van der Waals surface area contributed by atoms with Crippen molar-refractivity contribution < 1.29 is 4.79 Å². The molecule has 1 amide bonds. The Bertz CT molecular complexity index is 547. The number of amides is 1. The predicted molar refractivity (Wildman–Crippen MR) is 81.1 cm³/mol. The van der Waals surface area contributed by atoms with E-state index < -0.39 is 0 Å². The van der Waals surface area contributed by atoms with Gasteiger partial charge in [-0.2, -0.15) is 5.10 Å². The number of rotatable bonds is 3. The molecule has 0 aliphatic heterocycles. The van der Waals surface area contributed by atoms with Gasteiger partial charge in [-0.1, -0.05) is 42.1 Å². The summed E-state index contributed by atoms with van der Waals surface area (Å²) < 4.78 is 0. The van der Waals surface area contributed by atoms with Gasteiger partial charge in [0.1, 0.15) is 0 Å². The highest BCUT2D eigenvalue weighted by atomic mass is 35.5. The Morgan fingerprint density at radius 3 is 2.60 bits per heavy atom. The number of hydrogen-bond acceptors (Lipinski definition) is 2. The lowest BCUT2D eigenvalue weighted by Crippen LogP contribution is -2.20. The highest BCUT2D eigenvalue weighted by Crippen LogP contribution is 2.55. The number of hydrazone groups is 1. The average molecular weight is 311 g/mol. The smallest absolute Gasteiger partial charge is 0.243 e. The molecule has 2 saturated carbocycles. The largest absolute Gasteiger partial charge is 0.273 e. The van der Waals surface area contributed by atoms with E-state index >= 15 is 0 Å². The Labute approximate surface area is 128 Å². The molecule has 0 unspecified atom stereocenters. The number of nitrogens with zero attached hydrogens (tertiary/aromatic N) is 1. The number of halogens is 2. The number of hydrogen-bond donors (Lipinski definition) is 1. The summed E-state index contributed by atoms with van der Waals surface area (Å²) in [6.45, 7) is 0. The molecular weight excluding hydrogens is 295 g/mol. The SMILES string of the molecule is O=C(NN=Cc1ccc(Cl)cc1Cl)C1[C@@H]2CCCC[C@@H]12. The first-order chi connectivity index (χ1) is 9.66. The summed E-state index contributed by atoms with van der Waals surface area (Å²) in [5.41, 5.74) is 3.37. The van der Waals surface area contributed by atoms with Gasteiger partial charge in [-0.25, -0.2) is 5.43 Å². The molecule has 3 rings (SSSR count). The maximum atomic E-state index is 12.0. The van der Waals surface area contributed by atoms with E-state index in [4.69, 9.17) is 23.2 Å². The van der Waals surface area contributed by atoms with E-state index in [0.29, 0.717) is 21.9 Å². The van der Waals surface area contributed by atoms with Crippen molar-refractivity contribution in [3.63, 3.8) is 0 Å². The Kier molecular flexibility index (Phi) is 3.99. The number of fused-ring (bicyclic) bond motifs is 1. The van der Waals surface area contributed by atoms with Crippen LogP contribution in [0.1, 0.15) is 31.2 Å². The first-order valence-electron chi connectivity index (χ1n) is 6.95. The topological polar surface area (TPSA) is 41.5 Å². The molecular formula is C15H16Cl2N2O. The van der Waals surface area contributed by atoms with Crippen LogP contribution in [0.3, 0.4) is 0 Å². The van der Waals surface area contributed by atoms with Gasteiger partial charge in [0.05, 0.1) is 11.2 Å². The van der Waals surface area contributed by atoms with Crippen molar-refractivity contribution in [1.29, 1.82) is 0 Å². The number of nitrogens with one attached hydrogen (secondary N) is 1. The van der Waals surface area contributed by atoms with Gasteiger partial charge < -0.3 is 0 Å². The van der Waals surface area contributed by atoms with Crippen LogP contribution in [0.15, 0.2) is 23.3 Å². The monoisotopic (exact) mass is 310 g/mol. The van der Waals surface area contributed by atoms with Crippen LogP contribution in [0.2, 0.25) is 10.0 Å². The van der Waals surface area contributed by atoms with E-state index in [-0.39, 0.29) is 11.8 Å². The van der Waals surface area contributed by atoms with E-state index in [1.54, 1.807) is 24.4 Å². The average Bonchev–Trinajstić information content (AvgIpc) is 3.15. The van der Waals surface area contributed by atoms with E-state index in [2.05, 4.69) is 10.5 Å². The summed E-state index contributed by atoms with van der Waals surface area (Å²) >= 11 is 11.9. The molecule has 0 radical (unpaired) electrons. The summed E-state index contributed by atoms with van der Waals surface area (Å²) in [4.78, 5) is 12.0. The Balaban J connectivity index is 1.56. The molecule has 2 atom stereocenters. The van der Waals surface area contributed by atoms with Crippen molar-refractivity contribution in [3.8, 4) is 0 Å². The molecule has 0 spiro atoms. The van der Waals surface area contributed by atoms with Gasteiger partial charge in [-0.15, -0.1) is 0 Å². The molecule has 0 saturated heterocycles. The Hall–Kier alpha value is -1.06. The van der Waals surface area contributed by atoms with Crippen LogP contribution < -0.4 is 5.43 Å². The molecule has 20 heavy (non-hydrogen) atoms. The van der Waals surface area contributed by atoms with Gasteiger partial charge >= 0.3 is 0 Å². The van der Waals surface area contributed by atoms with Crippen LogP contribution in [-0.4, -0.2) is 12.1 Å². The normalized spacial score (nSPS) is 28.2. The lowest BCUT2D eigenvalue weighted by Gasteiger charge is -2.04. The van der Waals surface area contributed by atoms with Gasteiger partial charge in [0.2, 0.25) is 5.91 Å². The second-order valence-electron chi connectivity index (χ2n) is 5.54. The van der Waals surface area contributed by atoms with Crippen LogP contribution in [0.25, 0.3) is 0 Å². The van der Waals surface area contributed by atoms with Crippen LogP contribution in [-0.2, 0) is 4.79 Å². The van der Waals surface area contributed by atoms with E-state index in [0.717, 1.165) is 5.56 Å². The fraction of sp³-hybridized carbons (Fsp3) is 0.467. The Morgan fingerprint density at radius 1 is 1.25 bits per heavy atom. The second kappa shape index (κ2) is 5.74. The fourth-order valence-electron chi connectivity index (χ4n) is 3.23. The Morgan fingerprint density at radius 2 is 1.95 bits per heavy atom. The molecule has 3 nitrogen and oxygen atoms in total. The van der Waals surface area contributed by atoms with Gasteiger partial charge in [-0.3, -0.25) is 4.79 Å². The number of carbonyl (C=O) groups excluding carboxylic acids is 1. The number of carbonyl (C=O) groups is 1. The van der Waals surface area contributed by atoms with Gasteiger partial charge in [0.15, 0.2) is 0 Å². The molecule has 2 fully saturated rings. The second-order valence-corrected chi connectivity index (χ2v) is 6.38. The highest BCUT2D eigenvalue weighted by Gasteiger charge is 2.54. The van der Waals surface area contributed by atoms with Crippen LogP contribution >= 0.6 is 23.2 Å². The third kappa shape index (κ3) is 2.84. The minimum atomic E-state index is 0.0447. The van der Waals surface area contributed by atoms with Crippen molar-refractivity contribution in [3.05, 3.63) is 33.8 Å². The summed E-state index contributed by atoms with van der Waals surface area (Å²) in [7, 11) is 0. The summed E-state index contributed by atoms with van der Waals surface area (Å²) in [5.74, 6) is 1.41. The van der Waals surface area contributed by atoms with E-state index in [1.807, 2.05) is 0 Å². The first-order valence-corrected chi connectivity index (χ1v) is 7.70. The minimum absolute atomic E-state index is 0.0447. The van der Waals surface area contributed by atoms with Gasteiger partial charge in [-0.05, 0) is 36.8 Å². The van der Waals surface area contributed by atoms with Crippen molar-refractivity contribution in [2.24, 2.45) is 22.9 Å². The first kappa shape index (κ1) is 13.9. The van der Waals surface area contributed by atoms with E-state index in [9.17, 15) is 4.79 Å². The van der Waals surface area contributed by atoms with Crippen molar-refractivity contribution >= 4 is 35.3 Å². The van der Waals surface area contributed by atoms with Crippen LogP contribution in [0.5, 0.6) is 0 Å². The molecule has 1 aromatic carbocycles. The maximum Gasteiger partial charge on any atom is 0.243 e. The zero-order valence-electron chi connectivity index (χ0n) is 11.0. The molecule has 0 bridgehead atoms. The van der Waals surface area contributed by atoms with Crippen molar-refractivity contribution in [2.75, 3.05) is 0 Å². The molecule has 0 aromatic heterocycles. The maximum absolute atomic E-state index is 12.0. The summed E-state index contributed by atoms with van der Waals surface area (Å²) in [5, 5.41) is 5.10. The molecule has 5 heteroatoms. The van der Waals surface area contributed by atoms with Crippen LogP contribution in [0.4, 0.5) is 0 Å². The van der Waals surface area contributed by atoms with Crippen molar-refractivity contribution in [1.82, 2.24) is 5.43 Å². The standard InChI is InChI=1S/C15H16Cl2N2O/c16-10-6-5-9(13(17)7-10)8-18-19-15(20)14-11-3-1-2-4-12(11)14/h5-8,11-12,14H,1-4H2,(H,19,20)/t11-,12-/m1/s1. The molecule has 0 heterocycles. The lowest BCUT2D eigenvalue weighted by molar-refractivity contribution is -0.122. The van der Waals surface area contributed by atoms with Gasteiger partial charge in [0.25, 0.3) is 0 Å². The molecule has 106 valence electrons. The molecule has 2 aliphatic rings. The zero-order valence-corrected chi connectivity index (χ0v) is 12.5. The van der Waals surface area contributed by atoms with Gasteiger partial charge in [0, 0.05) is 16.5 Å². The third-order valence-electron chi connectivity index (χ3n) is 4.30. The predicted octanol–water partition coefficient (Wildman–Crippen LogP) is 3.88. The fourth-order valence-corrected chi connectivity index (χ4v) is 3.68.